The normalized spacial score (nSPS) is 18.3. The quantitative estimate of drug-likeness (QED) is 0.391. The molecule has 5 nitrogen and oxygen atoms in total. The predicted molar refractivity (Wildman–Crippen MR) is 112 cm³/mol. The van der Waals surface area contributed by atoms with Crippen molar-refractivity contribution in [2.45, 2.75) is 13.0 Å². The summed E-state index contributed by atoms with van der Waals surface area (Å²) < 4.78 is 0. The standard InChI is InChI=1S/C23H17ClN2O3/c1-14-4-6-16(7-5-14)21(27)19-20(15-8-10-17(24)11-9-15)26(23(29)22(19)28)18-3-2-12-25-13-18/h2-13,20,27H,1H3/t20-/m0/s1. The summed E-state index contributed by atoms with van der Waals surface area (Å²) >= 11 is 6.02. The number of amides is 1. The number of halogens is 1. The molecule has 1 aliphatic heterocycles. The zero-order valence-electron chi connectivity index (χ0n) is 15.5. The molecule has 0 saturated carbocycles. The van der Waals surface area contributed by atoms with E-state index in [0.717, 1.165) is 5.56 Å². The summed E-state index contributed by atoms with van der Waals surface area (Å²) in [5, 5.41) is 11.5. The van der Waals surface area contributed by atoms with E-state index in [9.17, 15) is 14.7 Å². The van der Waals surface area contributed by atoms with Crippen LogP contribution in [-0.4, -0.2) is 21.8 Å². The molecule has 4 rings (SSSR count). The lowest BCUT2D eigenvalue weighted by Gasteiger charge is -2.25. The number of Topliss-reactive ketones (excluding diaryl/α,β-unsaturated/α-hetero) is 1. The van der Waals surface area contributed by atoms with E-state index in [1.807, 2.05) is 19.1 Å². The number of aliphatic hydroxyl groups excluding tert-OH is 1. The maximum Gasteiger partial charge on any atom is 0.300 e. The summed E-state index contributed by atoms with van der Waals surface area (Å²) in [7, 11) is 0. The number of carbonyl (C=O) groups excluding carboxylic acids is 2. The molecular weight excluding hydrogens is 388 g/mol. The van der Waals surface area contributed by atoms with Crippen molar-refractivity contribution in [1.82, 2.24) is 4.98 Å². The third-order valence-electron chi connectivity index (χ3n) is 4.88. The number of anilines is 1. The number of aliphatic hydroxyl groups is 1. The molecule has 1 N–H and O–H groups in total. The second-order valence-corrected chi connectivity index (χ2v) is 7.23. The van der Waals surface area contributed by atoms with Crippen LogP contribution >= 0.6 is 11.6 Å². The van der Waals surface area contributed by atoms with Gasteiger partial charge in [0.05, 0.1) is 23.5 Å². The van der Waals surface area contributed by atoms with E-state index in [0.29, 0.717) is 21.8 Å². The van der Waals surface area contributed by atoms with Crippen molar-refractivity contribution < 1.29 is 14.7 Å². The zero-order valence-corrected chi connectivity index (χ0v) is 16.3. The molecule has 2 aromatic carbocycles. The van der Waals surface area contributed by atoms with Gasteiger partial charge in [0, 0.05) is 16.8 Å². The van der Waals surface area contributed by atoms with E-state index >= 15 is 0 Å². The number of ketones is 1. The molecule has 1 aromatic heterocycles. The van der Waals surface area contributed by atoms with E-state index in [4.69, 9.17) is 11.6 Å². The molecule has 1 saturated heterocycles. The highest BCUT2D eigenvalue weighted by Gasteiger charge is 2.47. The van der Waals surface area contributed by atoms with Crippen LogP contribution in [0.25, 0.3) is 5.76 Å². The first-order valence-corrected chi connectivity index (χ1v) is 9.38. The van der Waals surface area contributed by atoms with Gasteiger partial charge < -0.3 is 5.11 Å². The number of aryl methyl sites for hydroxylation is 1. The van der Waals surface area contributed by atoms with Gasteiger partial charge in [0.25, 0.3) is 11.7 Å². The highest BCUT2D eigenvalue weighted by Crippen LogP contribution is 2.42. The number of hydrogen-bond donors (Lipinski definition) is 1. The maximum atomic E-state index is 13.0. The predicted octanol–water partition coefficient (Wildman–Crippen LogP) is 4.67. The highest BCUT2D eigenvalue weighted by atomic mass is 35.5. The molecule has 0 spiro atoms. The monoisotopic (exact) mass is 404 g/mol. The number of rotatable bonds is 3. The van der Waals surface area contributed by atoms with Gasteiger partial charge in [-0.3, -0.25) is 19.5 Å². The van der Waals surface area contributed by atoms with Crippen molar-refractivity contribution in [3.05, 3.63) is 100 Å². The van der Waals surface area contributed by atoms with Crippen LogP contribution in [0.5, 0.6) is 0 Å². The summed E-state index contributed by atoms with van der Waals surface area (Å²) in [6, 6.07) is 16.6. The van der Waals surface area contributed by atoms with E-state index < -0.39 is 17.7 Å². The summed E-state index contributed by atoms with van der Waals surface area (Å²) in [6.45, 7) is 1.93. The highest BCUT2D eigenvalue weighted by molar-refractivity contribution is 6.51. The van der Waals surface area contributed by atoms with Gasteiger partial charge in [-0.05, 0) is 36.8 Å². The van der Waals surface area contributed by atoms with Crippen molar-refractivity contribution in [3.63, 3.8) is 0 Å². The van der Waals surface area contributed by atoms with Gasteiger partial charge in [0.1, 0.15) is 5.76 Å². The van der Waals surface area contributed by atoms with Crippen molar-refractivity contribution in [1.29, 1.82) is 0 Å². The van der Waals surface area contributed by atoms with Crippen LogP contribution in [0, 0.1) is 6.92 Å². The first-order chi connectivity index (χ1) is 14.0. The molecule has 1 atom stereocenters. The fraction of sp³-hybridized carbons (Fsp3) is 0.0870. The van der Waals surface area contributed by atoms with Crippen molar-refractivity contribution >= 4 is 34.7 Å². The summed E-state index contributed by atoms with van der Waals surface area (Å²) in [5.41, 5.74) is 2.65. The smallest absolute Gasteiger partial charge is 0.300 e. The fourth-order valence-electron chi connectivity index (χ4n) is 3.42. The molecule has 3 aromatic rings. The van der Waals surface area contributed by atoms with E-state index in [2.05, 4.69) is 4.98 Å². The number of pyridine rings is 1. The first kappa shape index (κ1) is 18.9. The molecule has 0 bridgehead atoms. The minimum absolute atomic E-state index is 0.0324. The molecule has 144 valence electrons. The van der Waals surface area contributed by atoms with E-state index in [1.165, 1.54) is 11.1 Å². The molecule has 1 amide bonds. The Bertz CT molecular complexity index is 1110. The van der Waals surface area contributed by atoms with Crippen LogP contribution in [0.2, 0.25) is 5.02 Å². The van der Waals surface area contributed by atoms with Crippen molar-refractivity contribution in [2.75, 3.05) is 4.90 Å². The average molecular weight is 405 g/mol. The number of nitrogens with zero attached hydrogens (tertiary/aromatic N) is 2. The lowest BCUT2D eigenvalue weighted by molar-refractivity contribution is -0.132. The molecular formula is C23H17ClN2O3. The third kappa shape index (κ3) is 3.41. The third-order valence-corrected chi connectivity index (χ3v) is 5.13. The molecule has 6 heteroatoms. The minimum atomic E-state index is -0.794. The largest absolute Gasteiger partial charge is 0.507 e. The topological polar surface area (TPSA) is 70.5 Å². The molecule has 29 heavy (non-hydrogen) atoms. The van der Waals surface area contributed by atoms with Gasteiger partial charge >= 0.3 is 0 Å². The van der Waals surface area contributed by atoms with Gasteiger partial charge in [-0.15, -0.1) is 0 Å². The van der Waals surface area contributed by atoms with Crippen LogP contribution in [0.4, 0.5) is 5.69 Å². The Morgan fingerprint density at radius 2 is 1.72 bits per heavy atom. The van der Waals surface area contributed by atoms with Gasteiger partial charge in [0.15, 0.2) is 0 Å². The van der Waals surface area contributed by atoms with Crippen LogP contribution in [-0.2, 0) is 9.59 Å². The van der Waals surface area contributed by atoms with Crippen molar-refractivity contribution in [2.24, 2.45) is 0 Å². The van der Waals surface area contributed by atoms with Gasteiger partial charge in [-0.2, -0.15) is 0 Å². The van der Waals surface area contributed by atoms with Gasteiger partial charge in [-0.25, -0.2) is 0 Å². The molecule has 0 radical (unpaired) electrons. The second kappa shape index (κ2) is 7.53. The number of aromatic nitrogens is 1. The van der Waals surface area contributed by atoms with Gasteiger partial charge in [-0.1, -0.05) is 53.6 Å². The van der Waals surface area contributed by atoms with E-state index in [-0.39, 0.29) is 11.3 Å². The molecule has 0 unspecified atom stereocenters. The first-order valence-electron chi connectivity index (χ1n) is 9.01. The zero-order chi connectivity index (χ0) is 20.5. The van der Waals surface area contributed by atoms with Crippen molar-refractivity contribution in [3.8, 4) is 0 Å². The molecule has 1 fully saturated rings. The Labute approximate surface area is 172 Å². The Morgan fingerprint density at radius 1 is 1.03 bits per heavy atom. The van der Waals surface area contributed by atoms with Crippen LogP contribution < -0.4 is 4.90 Å². The minimum Gasteiger partial charge on any atom is -0.507 e. The van der Waals surface area contributed by atoms with Crippen LogP contribution in [0.1, 0.15) is 22.7 Å². The SMILES string of the molecule is Cc1ccc(C(O)=C2C(=O)C(=O)N(c3cccnc3)[C@H]2c2ccc(Cl)cc2)cc1. The summed E-state index contributed by atoms with van der Waals surface area (Å²) in [6.07, 6.45) is 3.10. The average Bonchev–Trinajstić information content (AvgIpc) is 3.00. The Balaban J connectivity index is 1.94. The Hall–Kier alpha value is -3.44. The fourth-order valence-corrected chi connectivity index (χ4v) is 3.55. The van der Waals surface area contributed by atoms with Crippen LogP contribution in [0.3, 0.4) is 0 Å². The Morgan fingerprint density at radius 3 is 2.34 bits per heavy atom. The summed E-state index contributed by atoms with van der Waals surface area (Å²) in [4.78, 5) is 31.3. The van der Waals surface area contributed by atoms with E-state index in [1.54, 1.807) is 54.7 Å². The lowest BCUT2D eigenvalue weighted by atomic mass is 9.95. The molecule has 0 aliphatic carbocycles. The molecule has 2 heterocycles. The summed E-state index contributed by atoms with van der Waals surface area (Å²) in [5.74, 6) is -1.67. The Kier molecular flexibility index (Phi) is 4.91. The number of hydrogen-bond acceptors (Lipinski definition) is 4. The van der Waals surface area contributed by atoms with Crippen LogP contribution in [0.15, 0.2) is 78.6 Å². The molecule has 1 aliphatic rings. The number of carbonyl (C=O) groups is 2. The lowest BCUT2D eigenvalue weighted by Crippen LogP contribution is -2.29. The maximum absolute atomic E-state index is 13.0. The second-order valence-electron chi connectivity index (χ2n) is 6.80. The number of benzene rings is 2. The van der Waals surface area contributed by atoms with Gasteiger partial charge in [0.2, 0.25) is 0 Å².